The van der Waals surface area contributed by atoms with Crippen LogP contribution in [-0.2, 0) is 19.0 Å². The predicted octanol–water partition coefficient (Wildman–Crippen LogP) is 0.211. The lowest BCUT2D eigenvalue weighted by atomic mass is 10.2. The minimum atomic E-state index is -3.80. The van der Waals surface area contributed by atoms with Crippen LogP contribution in [0.5, 0.6) is 0 Å². The van der Waals surface area contributed by atoms with E-state index in [1.54, 1.807) is 0 Å². The number of hydrogen-bond acceptors (Lipinski definition) is 8. The molecule has 2 N–H and O–H groups in total. The van der Waals surface area contributed by atoms with Crippen LogP contribution in [0.4, 0.5) is 0 Å². The molecule has 1 saturated heterocycles. The number of thioether (sulfide) groups is 1. The Morgan fingerprint density at radius 2 is 2.04 bits per heavy atom. The molecule has 1 aromatic rings. The molecule has 0 amide bonds. The van der Waals surface area contributed by atoms with Crippen LogP contribution >= 0.6 is 11.8 Å². The Balaban J connectivity index is 2.36. The van der Waals surface area contributed by atoms with E-state index in [9.17, 15) is 23.1 Å². The standard InChI is InChI=1S/C15H26N2O7S2Si/c1-26(21,22)24-12-10(9-18)23-14(13(12)25-7-8-27(2,3)4)17-6-5-11(19)16-15(17)20/h5-6,10,12-14,18H,7-9H2,1-4H3,(H,16,19,20)/t10-,12?,13?,14-/m1/s1. The van der Waals surface area contributed by atoms with E-state index in [2.05, 4.69) is 24.6 Å². The van der Waals surface area contributed by atoms with Gasteiger partial charge in [-0.1, -0.05) is 19.6 Å². The van der Waals surface area contributed by atoms with Crippen molar-refractivity contribution < 1.29 is 22.4 Å². The zero-order valence-electron chi connectivity index (χ0n) is 15.7. The van der Waals surface area contributed by atoms with E-state index < -0.39 is 59.7 Å². The van der Waals surface area contributed by atoms with Gasteiger partial charge in [0.25, 0.3) is 15.7 Å². The third-order valence-corrected chi connectivity index (χ3v) is 8.05. The number of nitrogens with zero attached hydrogens (tertiary/aromatic N) is 1. The lowest BCUT2D eigenvalue weighted by Crippen LogP contribution is -2.38. The third kappa shape index (κ3) is 6.29. The summed E-state index contributed by atoms with van der Waals surface area (Å²) in [6.07, 6.45) is -0.488. The summed E-state index contributed by atoms with van der Waals surface area (Å²) in [6.45, 7) is 6.22. The Hall–Kier alpha value is -0.923. The summed E-state index contributed by atoms with van der Waals surface area (Å²) in [4.78, 5) is 25.7. The molecule has 1 aromatic heterocycles. The molecule has 0 aliphatic carbocycles. The maximum Gasteiger partial charge on any atom is 0.330 e. The van der Waals surface area contributed by atoms with Gasteiger partial charge in [0.1, 0.15) is 12.2 Å². The zero-order valence-corrected chi connectivity index (χ0v) is 18.4. The molecule has 154 valence electrons. The Kier molecular flexibility index (Phi) is 7.14. The van der Waals surface area contributed by atoms with E-state index in [1.165, 1.54) is 28.6 Å². The van der Waals surface area contributed by atoms with Crippen molar-refractivity contribution in [2.45, 2.75) is 49.4 Å². The van der Waals surface area contributed by atoms with Gasteiger partial charge in [0.15, 0.2) is 6.23 Å². The van der Waals surface area contributed by atoms with Crippen molar-refractivity contribution in [1.29, 1.82) is 0 Å². The molecule has 9 nitrogen and oxygen atoms in total. The first-order valence-electron chi connectivity index (χ1n) is 8.49. The van der Waals surface area contributed by atoms with E-state index in [0.29, 0.717) is 0 Å². The highest BCUT2D eigenvalue weighted by molar-refractivity contribution is 8.00. The summed E-state index contributed by atoms with van der Waals surface area (Å²) in [5.41, 5.74) is -1.21. The van der Waals surface area contributed by atoms with Crippen molar-refractivity contribution in [2.75, 3.05) is 18.6 Å². The molecule has 4 atom stereocenters. The van der Waals surface area contributed by atoms with Crippen LogP contribution in [0.15, 0.2) is 21.9 Å². The zero-order chi connectivity index (χ0) is 20.4. The number of hydrogen-bond donors (Lipinski definition) is 2. The van der Waals surface area contributed by atoms with Gasteiger partial charge in [0, 0.05) is 20.3 Å². The van der Waals surface area contributed by atoms with E-state index in [1.807, 2.05) is 0 Å². The van der Waals surface area contributed by atoms with Gasteiger partial charge in [-0.15, -0.1) is 0 Å². The Bertz CT molecular complexity index is 862. The molecule has 0 aromatic carbocycles. The minimum Gasteiger partial charge on any atom is -0.394 e. The van der Waals surface area contributed by atoms with Gasteiger partial charge in [-0.25, -0.2) is 4.79 Å². The van der Waals surface area contributed by atoms with Crippen molar-refractivity contribution in [3.05, 3.63) is 33.1 Å². The number of aliphatic hydroxyl groups excluding tert-OH is 1. The van der Waals surface area contributed by atoms with Crippen LogP contribution in [0.3, 0.4) is 0 Å². The average molecular weight is 439 g/mol. The van der Waals surface area contributed by atoms with Crippen LogP contribution in [-0.4, -0.2) is 67.2 Å². The van der Waals surface area contributed by atoms with Gasteiger partial charge < -0.3 is 9.84 Å². The highest BCUT2D eigenvalue weighted by atomic mass is 32.2. The molecule has 2 rings (SSSR count). The SMILES string of the molecule is C[Si](C)(C)CCSC1C(OS(C)(=O)=O)[C@@H](CO)O[C@H]1n1ccc(=O)[nH]c1=O. The van der Waals surface area contributed by atoms with Crippen molar-refractivity contribution in [3.63, 3.8) is 0 Å². The van der Waals surface area contributed by atoms with E-state index in [-0.39, 0.29) is 0 Å². The number of aromatic nitrogens is 2. The molecular formula is C15H26N2O7S2Si. The van der Waals surface area contributed by atoms with Crippen molar-refractivity contribution in [2.24, 2.45) is 0 Å². The van der Waals surface area contributed by atoms with Gasteiger partial charge in [-0.2, -0.15) is 20.2 Å². The number of ether oxygens (including phenoxy) is 1. The van der Waals surface area contributed by atoms with Gasteiger partial charge >= 0.3 is 5.69 Å². The summed E-state index contributed by atoms with van der Waals surface area (Å²) in [7, 11) is -5.13. The molecule has 1 fully saturated rings. The molecule has 2 heterocycles. The Morgan fingerprint density at radius 3 is 2.56 bits per heavy atom. The predicted molar refractivity (Wildman–Crippen MR) is 106 cm³/mol. The van der Waals surface area contributed by atoms with Gasteiger partial charge in [-0.3, -0.25) is 18.5 Å². The van der Waals surface area contributed by atoms with Gasteiger partial charge in [0.05, 0.1) is 18.1 Å². The van der Waals surface area contributed by atoms with Gasteiger partial charge in [0.2, 0.25) is 0 Å². The van der Waals surface area contributed by atoms with Crippen LogP contribution in [0.1, 0.15) is 6.23 Å². The Morgan fingerprint density at radius 1 is 1.37 bits per heavy atom. The maximum absolute atomic E-state index is 12.2. The summed E-state index contributed by atoms with van der Waals surface area (Å²) in [6, 6.07) is 2.17. The molecule has 0 bridgehead atoms. The number of H-pyrrole nitrogens is 1. The van der Waals surface area contributed by atoms with E-state index >= 15 is 0 Å². The first kappa shape index (κ1) is 22.4. The summed E-state index contributed by atoms with van der Waals surface area (Å²) < 4.78 is 35.6. The molecule has 0 saturated carbocycles. The lowest BCUT2D eigenvalue weighted by molar-refractivity contribution is -0.0410. The van der Waals surface area contributed by atoms with Gasteiger partial charge in [-0.05, 0) is 11.8 Å². The third-order valence-electron chi connectivity index (χ3n) is 4.04. The first-order chi connectivity index (χ1) is 12.4. The number of aromatic amines is 1. The van der Waals surface area contributed by atoms with Crippen LogP contribution in [0, 0.1) is 0 Å². The highest BCUT2D eigenvalue weighted by Crippen LogP contribution is 2.40. The number of rotatable bonds is 8. The fourth-order valence-electron chi connectivity index (χ4n) is 2.70. The van der Waals surface area contributed by atoms with Crippen LogP contribution in [0.2, 0.25) is 25.7 Å². The van der Waals surface area contributed by atoms with Crippen molar-refractivity contribution in [1.82, 2.24) is 9.55 Å². The second-order valence-electron chi connectivity index (χ2n) is 7.68. The van der Waals surface area contributed by atoms with E-state index in [0.717, 1.165) is 18.1 Å². The molecule has 1 aliphatic rings. The largest absolute Gasteiger partial charge is 0.394 e. The monoisotopic (exact) mass is 438 g/mol. The van der Waals surface area contributed by atoms with Crippen LogP contribution in [0.25, 0.3) is 0 Å². The fraction of sp³-hybridized carbons (Fsp3) is 0.733. The molecular weight excluding hydrogens is 412 g/mol. The average Bonchev–Trinajstić information content (AvgIpc) is 2.82. The maximum atomic E-state index is 12.2. The van der Waals surface area contributed by atoms with Crippen molar-refractivity contribution >= 4 is 30.0 Å². The Labute approximate surface area is 163 Å². The summed E-state index contributed by atoms with van der Waals surface area (Å²) in [5.74, 6) is 0.736. The fourth-order valence-corrected chi connectivity index (χ4v) is 7.39. The molecule has 0 spiro atoms. The quantitative estimate of drug-likeness (QED) is 0.435. The second-order valence-corrected chi connectivity index (χ2v) is 16.2. The second kappa shape index (κ2) is 8.62. The molecule has 0 radical (unpaired) electrons. The lowest BCUT2D eigenvalue weighted by Gasteiger charge is -2.24. The number of aliphatic hydroxyl groups is 1. The van der Waals surface area contributed by atoms with Crippen LogP contribution < -0.4 is 11.2 Å². The molecule has 1 aliphatic heterocycles. The summed E-state index contributed by atoms with van der Waals surface area (Å²) >= 11 is 1.45. The van der Waals surface area contributed by atoms with Crippen molar-refractivity contribution in [3.8, 4) is 0 Å². The normalized spacial score (nSPS) is 26.4. The number of nitrogens with one attached hydrogen (secondary N) is 1. The minimum absolute atomic E-state index is 0.458. The topological polar surface area (TPSA) is 128 Å². The molecule has 2 unspecified atom stereocenters. The molecule has 12 heteroatoms. The smallest absolute Gasteiger partial charge is 0.330 e. The summed E-state index contributed by atoms with van der Waals surface area (Å²) in [5, 5.41) is 9.09. The molecule has 27 heavy (non-hydrogen) atoms. The first-order valence-corrected chi connectivity index (χ1v) is 15.1. The highest BCUT2D eigenvalue weighted by Gasteiger charge is 2.48. The van der Waals surface area contributed by atoms with E-state index in [4.69, 9.17) is 8.92 Å².